The average molecular weight is 374 g/mol. The van der Waals surface area contributed by atoms with E-state index in [-0.39, 0.29) is 18.4 Å². The molecule has 2 aliphatic heterocycles. The Kier molecular flexibility index (Phi) is 6.54. The van der Waals surface area contributed by atoms with Crippen LogP contribution in [0.1, 0.15) is 17.0 Å². The van der Waals surface area contributed by atoms with Gasteiger partial charge in [-0.1, -0.05) is 48.5 Å². The number of rotatable bonds is 4. The molecule has 4 nitrogen and oxygen atoms in total. The van der Waals surface area contributed by atoms with Gasteiger partial charge in [-0.2, -0.15) is 0 Å². The summed E-state index contributed by atoms with van der Waals surface area (Å²) in [5, 5.41) is 0. The molecule has 2 aliphatic rings. The lowest BCUT2D eigenvalue weighted by Crippen LogP contribution is -2.37. The maximum atomic E-state index is 6.47. The van der Waals surface area contributed by atoms with Crippen molar-refractivity contribution < 1.29 is 4.74 Å². The number of anilines is 1. The third-order valence-electron chi connectivity index (χ3n) is 5.41. The first-order valence-electron chi connectivity index (χ1n) is 9.25. The molecule has 0 aliphatic carbocycles. The molecule has 2 atom stereocenters. The van der Waals surface area contributed by atoms with E-state index in [0.717, 1.165) is 45.9 Å². The third-order valence-corrected chi connectivity index (χ3v) is 5.41. The largest absolute Gasteiger partial charge is 0.378 e. The summed E-state index contributed by atoms with van der Waals surface area (Å²) in [6.45, 7) is 6.54. The van der Waals surface area contributed by atoms with Crippen LogP contribution in [0.15, 0.2) is 54.6 Å². The highest BCUT2D eigenvalue weighted by Gasteiger charge is 2.31. The molecule has 0 radical (unpaired) electrons. The van der Waals surface area contributed by atoms with Crippen LogP contribution in [0, 0.1) is 0 Å². The van der Waals surface area contributed by atoms with Gasteiger partial charge < -0.3 is 15.4 Å². The van der Waals surface area contributed by atoms with E-state index >= 15 is 0 Å². The lowest BCUT2D eigenvalue weighted by molar-refractivity contribution is 0.122. The number of morpholine rings is 1. The Morgan fingerprint density at radius 1 is 0.923 bits per heavy atom. The molecule has 4 rings (SSSR count). The summed E-state index contributed by atoms with van der Waals surface area (Å²) in [6.07, 6.45) is 0. The molecular weight excluding hydrogens is 346 g/mol. The van der Waals surface area contributed by atoms with Crippen LogP contribution in [0.4, 0.5) is 5.69 Å². The number of nitrogens with two attached hydrogens (primary N) is 1. The number of ether oxygens (including phenoxy) is 1. The minimum atomic E-state index is 0. The highest BCUT2D eigenvalue weighted by atomic mass is 35.5. The fourth-order valence-corrected chi connectivity index (χ4v) is 4.09. The maximum absolute atomic E-state index is 6.47. The Hall–Kier alpha value is -1.59. The van der Waals surface area contributed by atoms with Crippen molar-refractivity contribution in [2.45, 2.75) is 18.5 Å². The Morgan fingerprint density at radius 2 is 1.62 bits per heavy atom. The van der Waals surface area contributed by atoms with Gasteiger partial charge in [0.25, 0.3) is 0 Å². The second kappa shape index (κ2) is 8.87. The number of hydrogen-bond acceptors (Lipinski definition) is 4. The quantitative estimate of drug-likeness (QED) is 0.894. The summed E-state index contributed by atoms with van der Waals surface area (Å²) in [6, 6.07) is 19.7. The van der Waals surface area contributed by atoms with Crippen LogP contribution >= 0.6 is 12.4 Å². The molecule has 0 amide bonds. The molecule has 0 unspecified atom stereocenters. The van der Waals surface area contributed by atoms with Crippen LogP contribution in [0.3, 0.4) is 0 Å². The van der Waals surface area contributed by atoms with Crippen molar-refractivity contribution in [3.05, 3.63) is 65.7 Å². The zero-order valence-corrected chi connectivity index (χ0v) is 15.9. The first kappa shape index (κ1) is 19.2. The zero-order valence-electron chi connectivity index (χ0n) is 15.1. The highest BCUT2D eigenvalue weighted by Crippen LogP contribution is 2.29. The normalized spacial score (nSPS) is 23.7. The van der Waals surface area contributed by atoms with Crippen LogP contribution in [0.5, 0.6) is 0 Å². The van der Waals surface area contributed by atoms with Gasteiger partial charge in [-0.25, -0.2) is 0 Å². The van der Waals surface area contributed by atoms with E-state index < -0.39 is 0 Å². The van der Waals surface area contributed by atoms with Gasteiger partial charge in [0.15, 0.2) is 0 Å². The predicted octanol–water partition coefficient (Wildman–Crippen LogP) is 2.87. The predicted molar refractivity (Wildman–Crippen MR) is 109 cm³/mol. The first-order chi connectivity index (χ1) is 12.3. The van der Waals surface area contributed by atoms with Crippen LogP contribution in [0.2, 0.25) is 0 Å². The molecule has 0 bridgehead atoms. The van der Waals surface area contributed by atoms with E-state index in [1.807, 2.05) is 0 Å². The van der Waals surface area contributed by atoms with Gasteiger partial charge in [0.05, 0.1) is 13.2 Å². The second-order valence-corrected chi connectivity index (χ2v) is 7.10. The number of hydrogen-bond donors (Lipinski definition) is 1. The fraction of sp³-hybridized carbons (Fsp3) is 0.429. The van der Waals surface area contributed by atoms with Gasteiger partial charge in [0.1, 0.15) is 0 Å². The summed E-state index contributed by atoms with van der Waals surface area (Å²) in [5.74, 6) is 0.428. The van der Waals surface area contributed by atoms with Gasteiger partial charge in [-0.3, -0.25) is 4.90 Å². The lowest BCUT2D eigenvalue weighted by Gasteiger charge is -2.31. The van der Waals surface area contributed by atoms with Crippen molar-refractivity contribution in [3.8, 4) is 0 Å². The summed E-state index contributed by atoms with van der Waals surface area (Å²) in [4.78, 5) is 4.95. The van der Waals surface area contributed by atoms with E-state index in [0.29, 0.717) is 5.92 Å². The van der Waals surface area contributed by atoms with Crippen molar-refractivity contribution in [1.82, 2.24) is 4.90 Å². The Labute approximate surface area is 162 Å². The Morgan fingerprint density at radius 3 is 2.38 bits per heavy atom. The Bertz CT molecular complexity index is 691. The summed E-state index contributed by atoms with van der Waals surface area (Å²) >= 11 is 0. The van der Waals surface area contributed by atoms with E-state index in [4.69, 9.17) is 10.5 Å². The zero-order chi connectivity index (χ0) is 17.1. The molecule has 2 heterocycles. The molecule has 2 aromatic rings. The number of likely N-dealkylation sites (tertiary alicyclic amines) is 1. The van der Waals surface area contributed by atoms with Crippen molar-refractivity contribution in [2.75, 3.05) is 44.3 Å². The first-order valence-corrected chi connectivity index (χ1v) is 9.25. The number of nitrogens with zero attached hydrogens (tertiary/aromatic N) is 2. The molecule has 2 saturated heterocycles. The van der Waals surface area contributed by atoms with Crippen molar-refractivity contribution in [2.24, 2.45) is 5.73 Å². The summed E-state index contributed by atoms with van der Waals surface area (Å²) in [5.41, 5.74) is 10.6. The fourth-order valence-electron chi connectivity index (χ4n) is 4.09. The minimum absolute atomic E-state index is 0. The molecular formula is C21H28ClN3O. The van der Waals surface area contributed by atoms with Crippen LogP contribution in [-0.4, -0.2) is 50.3 Å². The monoisotopic (exact) mass is 373 g/mol. The average Bonchev–Trinajstić information content (AvgIpc) is 3.04. The van der Waals surface area contributed by atoms with E-state index in [1.54, 1.807) is 0 Å². The molecule has 2 aromatic carbocycles. The van der Waals surface area contributed by atoms with Gasteiger partial charge in [-0.15, -0.1) is 12.4 Å². The topological polar surface area (TPSA) is 41.7 Å². The standard InChI is InChI=1S/C21H27N3O.ClH/c22-20-16-23(15-19(20)17-6-2-1-3-7-17)14-18-8-4-5-9-21(18)24-10-12-25-13-11-24;/h1-9,19-20H,10-16,22H2;1H/t19-,20+;/m0./s1. The van der Waals surface area contributed by atoms with Crippen LogP contribution in [0.25, 0.3) is 0 Å². The minimum Gasteiger partial charge on any atom is -0.378 e. The molecule has 2 N–H and O–H groups in total. The smallest absolute Gasteiger partial charge is 0.0642 e. The lowest BCUT2D eigenvalue weighted by atomic mass is 9.95. The van der Waals surface area contributed by atoms with Crippen molar-refractivity contribution in [1.29, 1.82) is 0 Å². The number of halogens is 1. The van der Waals surface area contributed by atoms with Gasteiger partial charge >= 0.3 is 0 Å². The van der Waals surface area contributed by atoms with Gasteiger partial charge in [0, 0.05) is 50.4 Å². The van der Waals surface area contributed by atoms with E-state index in [1.165, 1.54) is 16.8 Å². The SMILES string of the molecule is Cl.N[C@@H]1CN(Cc2ccccc2N2CCOCC2)C[C@H]1c1ccccc1. The van der Waals surface area contributed by atoms with E-state index in [2.05, 4.69) is 64.4 Å². The molecule has 0 aromatic heterocycles. The maximum Gasteiger partial charge on any atom is 0.0642 e. The van der Waals surface area contributed by atoms with Crippen LogP contribution in [-0.2, 0) is 11.3 Å². The highest BCUT2D eigenvalue weighted by molar-refractivity contribution is 5.85. The van der Waals surface area contributed by atoms with Crippen LogP contribution < -0.4 is 10.6 Å². The molecule has 140 valence electrons. The number of para-hydroxylation sites is 1. The molecule has 5 heteroatoms. The molecule has 26 heavy (non-hydrogen) atoms. The summed E-state index contributed by atoms with van der Waals surface area (Å²) < 4.78 is 5.50. The summed E-state index contributed by atoms with van der Waals surface area (Å²) in [7, 11) is 0. The van der Waals surface area contributed by atoms with Crippen molar-refractivity contribution >= 4 is 18.1 Å². The molecule has 0 saturated carbocycles. The van der Waals surface area contributed by atoms with Gasteiger partial charge in [-0.05, 0) is 17.2 Å². The van der Waals surface area contributed by atoms with E-state index in [9.17, 15) is 0 Å². The molecule has 0 spiro atoms. The Balaban J connectivity index is 0.00000196. The third kappa shape index (κ3) is 4.21. The second-order valence-electron chi connectivity index (χ2n) is 7.10. The molecule has 2 fully saturated rings. The van der Waals surface area contributed by atoms with Crippen molar-refractivity contribution in [3.63, 3.8) is 0 Å². The number of benzene rings is 2. The van der Waals surface area contributed by atoms with Gasteiger partial charge in [0.2, 0.25) is 0 Å².